The number of anilines is 2. The van der Waals surface area contributed by atoms with Crippen LogP contribution in [0.2, 0.25) is 0 Å². The van der Waals surface area contributed by atoms with Gasteiger partial charge >= 0.3 is 0 Å². The average molecular weight is 436 g/mol. The minimum Gasteiger partial charge on any atom is -0.476 e. The first kappa shape index (κ1) is 21.9. The van der Waals surface area contributed by atoms with Crippen molar-refractivity contribution < 1.29 is 19.1 Å². The summed E-state index contributed by atoms with van der Waals surface area (Å²) in [6.07, 6.45) is 5.42. The Balaban J connectivity index is 1.56. The van der Waals surface area contributed by atoms with E-state index in [1.807, 2.05) is 18.2 Å². The largest absolute Gasteiger partial charge is 0.476 e. The molecule has 32 heavy (non-hydrogen) atoms. The van der Waals surface area contributed by atoms with E-state index in [2.05, 4.69) is 10.6 Å². The molecule has 0 spiro atoms. The van der Waals surface area contributed by atoms with Gasteiger partial charge in [0.1, 0.15) is 12.3 Å². The molecule has 7 nitrogen and oxygen atoms in total. The lowest BCUT2D eigenvalue weighted by Crippen LogP contribution is -2.54. The number of hydrogen-bond donors (Lipinski definition) is 2. The van der Waals surface area contributed by atoms with E-state index >= 15 is 0 Å². The van der Waals surface area contributed by atoms with Crippen LogP contribution in [-0.2, 0) is 9.59 Å². The van der Waals surface area contributed by atoms with Gasteiger partial charge in [-0.05, 0) is 57.0 Å². The van der Waals surface area contributed by atoms with Crippen molar-refractivity contribution in [3.05, 3.63) is 54.1 Å². The Morgan fingerprint density at radius 1 is 1.06 bits per heavy atom. The van der Waals surface area contributed by atoms with Gasteiger partial charge in [0.05, 0.1) is 5.69 Å². The second-order valence-electron chi connectivity index (χ2n) is 8.91. The number of para-hydroxylation sites is 1. The molecule has 4 rings (SSSR count). The molecule has 3 amide bonds. The maximum atomic E-state index is 13.1. The standard InChI is InChI=1S/C25H29N3O4/c1-25(2)24(31)28(16-22(29)26-18-9-5-3-6-10-18)20-15-17(13-14-21(20)32-25)23(30)27-19-11-7-4-8-12-19/h3,5-6,9-10,13-15,19H,4,7-8,11-12,16H2,1-2H3,(H,26,29)(H,27,30). The van der Waals surface area contributed by atoms with E-state index in [9.17, 15) is 14.4 Å². The number of ether oxygens (including phenoxy) is 1. The molecule has 1 fully saturated rings. The zero-order chi connectivity index (χ0) is 22.7. The van der Waals surface area contributed by atoms with Gasteiger partial charge in [-0.15, -0.1) is 0 Å². The number of hydrogen-bond acceptors (Lipinski definition) is 4. The number of nitrogens with one attached hydrogen (secondary N) is 2. The normalized spacial score (nSPS) is 17.8. The van der Waals surface area contributed by atoms with Crippen LogP contribution in [0, 0.1) is 0 Å². The summed E-state index contributed by atoms with van der Waals surface area (Å²) in [6.45, 7) is 3.16. The molecule has 0 atom stereocenters. The molecule has 2 aliphatic rings. The first-order valence-corrected chi connectivity index (χ1v) is 11.1. The fraction of sp³-hybridized carbons (Fsp3) is 0.400. The van der Waals surface area contributed by atoms with E-state index in [0.29, 0.717) is 22.7 Å². The first-order valence-electron chi connectivity index (χ1n) is 11.1. The zero-order valence-electron chi connectivity index (χ0n) is 18.5. The molecule has 1 saturated carbocycles. The van der Waals surface area contributed by atoms with E-state index in [1.165, 1.54) is 11.3 Å². The number of carbonyl (C=O) groups is 3. The summed E-state index contributed by atoms with van der Waals surface area (Å²) >= 11 is 0. The molecular weight excluding hydrogens is 406 g/mol. The van der Waals surface area contributed by atoms with Gasteiger partial charge in [-0.1, -0.05) is 37.5 Å². The van der Waals surface area contributed by atoms with Crippen LogP contribution in [0.15, 0.2) is 48.5 Å². The summed E-state index contributed by atoms with van der Waals surface area (Å²) in [5, 5.41) is 5.90. The van der Waals surface area contributed by atoms with E-state index < -0.39 is 5.60 Å². The second kappa shape index (κ2) is 9.02. The van der Waals surface area contributed by atoms with Crippen LogP contribution in [0.25, 0.3) is 0 Å². The third-order valence-electron chi connectivity index (χ3n) is 5.94. The Kier molecular flexibility index (Phi) is 6.17. The predicted molar refractivity (Wildman–Crippen MR) is 123 cm³/mol. The Morgan fingerprint density at radius 2 is 1.78 bits per heavy atom. The van der Waals surface area contributed by atoms with E-state index in [1.54, 1.807) is 44.2 Å². The molecule has 0 bridgehead atoms. The lowest BCUT2D eigenvalue weighted by molar-refractivity contribution is -0.133. The van der Waals surface area contributed by atoms with Crippen molar-refractivity contribution in [3.63, 3.8) is 0 Å². The average Bonchev–Trinajstić information content (AvgIpc) is 2.78. The van der Waals surface area contributed by atoms with Crippen molar-refractivity contribution in [2.24, 2.45) is 0 Å². The van der Waals surface area contributed by atoms with Crippen molar-refractivity contribution in [3.8, 4) is 5.75 Å². The van der Waals surface area contributed by atoms with Crippen molar-refractivity contribution in [1.82, 2.24) is 5.32 Å². The van der Waals surface area contributed by atoms with E-state index in [-0.39, 0.29) is 30.3 Å². The zero-order valence-corrected chi connectivity index (χ0v) is 18.5. The van der Waals surface area contributed by atoms with Gasteiger partial charge in [-0.3, -0.25) is 19.3 Å². The summed E-state index contributed by atoms with van der Waals surface area (Å²) in [4.78, 5) is 40.1. The monoisotopic (exact) mass is 435 g/mol. The fourth-order valence-electron chi connectivity index (χ4n) is 4.25. The van der Waals surface area contributed by atoms with Crippen LogP contribution >= 0.6 is 0 Å². The SMILES string of the molecule is CC1(C)Oc2ccc(C(=O)NC3CCCCC3)cc2N(CC(=O)Nc2ccccc2)C1=O. The van der Waals surface area contributed by atoms with Crippen LogP contribution in [0.3, 0.4) is 0 Å². The Bertz CT molecular complexity index is 1010. The number of amides is 3. The lowest BCUT2D eigenvalue weighted by Gasteiger charge is -2.38. The highest BCUT2D eigenvalue weighted by Gasteiger charge is 2.42. The lowest BCUT2D eigenvalue weighted by atomic mass is 9.95. The summed E-state index contributed by atoms with van der Waals surface area (Å²) in [7, 11) is 0. The molecule has 0 aromatic heterocycles. The summed E-state index contributed by atoms with van der Waals surface area (Å²) in [5.41, 5.74) is 0.400. The predicted octanol–water partition coefficient (Wildman–Crippen LogP) is 3.89. The van der Waals surface area contributed by atoms with E-state index in [4.69, 9.17) is 4.74 Å². The highest BCUT2D eigenvalue weighted by molar-refractivity contribution is 6.08. The van der Waals surface area contributed by atoms with Gasteiger partial charge in [-0.2, -0.15) is 0 Å². The number of nitrogens with zero attached hydrogens (tertiary/aromatic N) is 1. The summed E-state index contributed by atoms with van der Waals surface area (Å²) in [5.74, 6) is -0.370. The Hall–Kier alpha value is -3.35. The van der Waals surface area contributed by atoms with Gasteiger partial charge in [0, 0.05) is 17.3 Å². The smallest absolute Gasteiger partial charge is 0.271 e. The number of benzene rings is 2. The maximum absolute atomic E-state index is 13.1. The van der Waals surface area contributed by atoms with Crippen molar-refractivity contribution >= 4 is 29.1 Å². The highest BCUT2D eigenvalue weighted by Crippen LogP contribution is 2.38. The third kappa shape index (κ3) is 4.77. The third-order valence-corrected chi connectivity index (χ3v) is 5.94. The minimum absolute atomic E-state index is 0.175. The molecule has 168 valence electrons. The van der Waals surface area contributed by atoms with Crippen LogP contribution < -0.4 is 20.3 Å². The van der Waals surface area contributed by atoms with Crippen LogP contribution in [0.5, 0.6) is 5.75 Å². The summed E-state index contributed by atoms with van der Waals surface area (Å²) in [6, 6.07) is 14.3. The van der Waals surface area contributed by atoms with Crippen molar-refractivity contribution in [1.29, 1.82) is 0 Å². The molecule has 0 unspecified atom stereocenters. The molecule has 1 aliphatic carbocycles. The molecule has 7 heteroatoms. The maximum Gasteiger partial charge on any atom is 0.271 e. The fourth-order valence-corrected chi connectivity index (χ4v) is 4.25. The quantitative estimate of drug-likeness (QED) is 0.746. The van der Waals surface area contributed by atoms with Gasteiger partial charge in [0.15, 0.2) is 5.60 Å². The Morgan fingerprint density at radius 3 is 2.50 bits per heavy atom. The number of carbonyl (C=O) groups excluding carboxylic acids is 3. The van der Waals surface area contributed by atoms with Crippen LogP contribution in [0.4, 0.5) is 11.4 Å². The molecule has 2 N–H and O–H groups in total. The molecule has 2 aromatic rings. The second-order valence-corrected chi connectivity index (χ2v) is 8.91. The Labute approximate surface area is 188 Å². The van der Waals surface area contributed by atoms with Crippen LogP contribution in [-0.4, -0.2) is 35.9 Å². The van der Waals surface area contributed by atoms with Gasteiger partial charge in [-0.25, -0.2) is 0 Å². The van der Waals surface area contributed by atoms with Gasteiger partial charge < -0.3 is 15.4 Å². The molecule has 1 heterocycles. The molecule has 0 radical (unpaired) electrons. The number of fused-ring (bicyclic) bond motifs is 1. The number of rotatable bonds is 5. The summed E-state index contributed by atoms with van der Waals surface area (Å²) < 4.78 is 5.89. The molecular formula is C25H29N3O4. The van der Waals surface area contributed by atoms with Crippen molar-refractivity contribution in [2.45, 2.75) is 57.6 Å². The van der Waals surface area contributed by atoms with Crippen molar-refractivity contribution in [2.75, 3.05) is 16.8 Å². The van der Waals surface area contributed by atoms with Gasteiger partial charge in [0.25, 0.3) is 11.8 Å². The topological polar surface area (TPSA) is 87.7 Å². The molecule has 0 saturated heterocycles. The molecule has 1 aliphatic heterocycles. The first-order chi connectivity index (χ1) is 15.3. The minimum atomic E-state index is -1.12. The molecule has 2 aromatic carbocycles. The van der Waals surface area contributed by atoms with Crippen LogP contribution in [0.1, 0.15) is 56.3 Å². The van der Waals surface area contributed by atoms with E-state index in [0.717, 1.165) is 25.7 Å². The highest BCUT2D eigenvalue weighted by atomic mass is 16.5. The van der Waals surface area contributed by atoms with Gasteiger partial charge in [0.2, 0.25) is 5.91 Å².